The average Bonchev–Trinajstić information content (AvgIpc) is 2.58. The normalized spacial score (nSPS) is 10.2. The molecule has 0 aliphatic heterocycles. The van der Waals surface area contributed by atoms with Crippen molar-refractivity contribution in [2.45, 2.75) is 13.8 Å². The molecule has 0 amide bonds. The number of fused-ring (bicyclic) bond motifs is 1. The Hall–Kier alpha value is -2.60. The Balaban J connectivity index is 0.00000225. The summed E-state index contributed by atoms with van der Waals surface area (Å²) < 4.78 is 24.3. The lowest BCUT2D eigenvalue weighted by atomic mass is 10.2. The third kappa shape index (κ3) is 4.28. The second kappa shape index (κ2) is 8.48. The molecule has 0 unspecified atom stereocenters. The number of nitrogens with one attached hydrogen (secondary N) is 1. The minimum absolute atomic E-state index is 0. The molecule has 3 rings (SSSR count). The lowest BCUT2D eigenvalue weighted by molar-refractivity contribution is 0.288. The van der Waals surface area contributed by atoms with Crippen LogP contribution in [-0.4, -0.2) is 23.2 Å². The largest absolute Gasteiger partial charge is 0.490 e. The third-order valence-electron chi connectivity index (χ3n) is 3.41. The molecule has 0 spiro atoms. The Kier molecular flexibility index (Phi) is 6.36. The van der Waals surface area contributed by atoms with Gasteiger partial charge in [-0.3, -0.25) is 0 Å². The van der Waals surface area contributed by atoms with Crippen LogP contribution >= 0.6 is 12.4 Å². The van der Waals surface area contributed by atoms with E-state index in [0.717, 1.165) is 16.6 Å². The highest BCUT2D eigenvalue weighted by molar-refractivity contribution is 5.93. The van der Waals surface area contributed by atoms with Crippen LogP contribution < -0.4 is 14.8 Å². The Morgan fingerprint density at radius 1 is 0.960 bits per heavy atom. The van der Waals surface area contributed by atoms with Crippen LogP contribution in [0.2, 0.25) is 0 Å². The van der Waals surface area contributed by atoms with E-state index in [1.165, 1.54) is 18.5 Å². The lowest BCUT2D eigenvalue weighted by Crippen LogP contribution is -2.01. The fourth-order valence-corrected chi connectivity index (χ4v) is 2.37. The number of nitrogens with zero attached hydrogens (tertiary/aromatic N) is 2. The first-order valence-corrected chi connectivity index (χ1v) is 7.78. The number of anilines is 2. The van der Waals surface area contributed by atoms with Gasteiger partial charge in [0.25, 0.3) is 0 Å². The maximum absolute atomic E-state index is 13.0. The van der Waals surface area contributed by atoms with Crippen LogP contribution in [0.4, 0.5) is 15.9 Å². The smallest absolute Gasteiger partial charge is 0.163 e. The molecule has 3 aromatic rings. The molecule has 1 heterocycles. The van der Waals surface area contributed by atoms with Crippen LogP contribution in [0.5, 0.6) is 11.5 Å². The van der Waals surface area contributed by atoms with E-state index in [9.17, 15) is 4.39 Å². The van der Waals surface area contributed by atoms with Crippen molar-refractivity contribution in [3.8, 4) is 11.5 Å². The summed E-state index contributed by atoms with van der Waals surface area (Å²) in [5, 5.41) is 3.98. The predicted octanol–water partition coefficient (Wildman–Crippen LogP) is 4.73. The van der Waals surface area contributed by atoms with Gasteiger partial charge in [0.2, 0.25) is 0 Å². The summed E-state index contributed by atoms with van der Waals surface area (Å²) in [6, 6.07) is 9.79. The summed E-state index contributed by atoms with van der Waals surface area (Å²) >= 11 is 0. The van der Waals surface area contributed by atoms with Gasteiger partial charge in [0.15, 0.2) is 11.5 Å². The summed E-state index contributed by atoms with van der Waals surface area (Å²) in [7, 11) is 0. The molecule has 132 valence electrons. The molecule has 5 nitrogen and oxygen atoms in total. The molecule has 25 heavy (non-hydrogen) atoms. The monoisotopic (exact) mass is 363 g/mol. The van der Waals surface area contributed by atoms with Gasteiger partial charge in [-0.25, -0.2) is 14.4 Å². The quantitative estimate of drug-likeness (QED) is 0.686. The van der Waals surface area contributed by atoms with Crippen molar-refractivity contribution in [2.24, 2.45) is 0 Å². The highest BCUT2D eigenvalue weighted by atomic mass is 35.5. The van der Waals surface area contributed by atoms with E-state index in [1.54, 1.807) is 12.1 Å². The summed E-state index contributed by atoms with van der Waals surface area (Å²) in [4.78, 5) is 8.58. The molecule has 0 bridgehead atoms. The van der Waals surface area contributed by atoms with Gasteiger partial charge in [-0.2, -0.15) is 0 Å². The molecular formula is C18H19ClFN3O2. The van der Waals surface area contributed by atoms with Crippen LogP contribution in [0.1, 0.15) is 13.8 Å². The number of hydrogen-bond donors (Lipinski definition) is 1. The van der Waals surface area contributed by atoms with Crippen LogP contribution in [0.15, 0.2) is 42.7 Å². The van der Waals surface area contributed by atoms with Gasteiger partial charge in [-0.15, -0.1) is 12.4 Å². The summed E-state index contributed by atoms with van der Waals surface area (Å²) in [6.07, 6.45) is 1.48. The SMILES string of the molecule is CCOc1cc2ncnc(Nc3ccc(F)cc3)c2cc1OCC.Cl. The molecule has 0 aliphatic rings. The van der Waals surface area contributed by atoms with E-state index in [0.29, 0.717) is 30.5 Å². The molecule has 0 saturated carbocycles. The van der Waals surface area contributed by atoms with Crippen molar-refractivity contribution in [2.75, 3.05) is 18.5 Å². The minimum atomic E-state index is -0.284. The molecule has 0 radical (unpaired) electrons. The first-order valence-electron chi connectivity index (χ1n) is 7.78. The Morgan fingerprint density at radius 2 is 1.60 bits per heavy atom. The zero-order valence-corrected chi connectivity index (χ0v) is 14.8. The molecular weight excluding hydrogens is 345 g/mol. The summed E-state index contributed by atoms with van der Waals surface area (Å²) in [5.74, 6) is 1.63. The highest BCUT2D eigenvalue weighted by Gasteiger charge is 2.12. The first kappa shape index (κ1) is 18.7. The Bertz CT molecular complexity index is 844. The maximum atomic E-state index is 13.0. The van der Waals surface area contributed by atoms with Gasteiger partial charge in [0.05, 0.1) is 18.7 Å². The van der Waals surface area contributed by atoms with E-state index < -0.39 is 0 Å². The molecule has 0 aliphatic carbocycles. The second-order valence-electron chi connectivity index (χ2n) is 5.04. The van der Waals surface area contributed by atoms with E-state index in [2.05, 4.69) is 15.3 Å². The molecule has 0 fully saturated rings. The third-order valence-corrected chi connectivity index (χ3v) is 3.41. The summed E-state index contributed by atoms with van der Waals surface area (Å²) in [5.41, 5.74) is 1.48. The van der Waals surface area contributed by atoms with Crippen molar-refractivity contribution in [1.29, 1.82) is 0 Å². The van der Waals surface area contributed by atoms with Gasteiger partial charge in [0, 0.05) is 17.1 Å². The van der Waals surface area contributed by atoms with Gasteiger partial charge in [-0.1, -0.05) is 0 Å². The van der Waals surface area contributed by atoms with Crippen molar-refractivity contribution in [1.82, 2.24) is 9.97 Å². The minimum Gasteiger partial charge on any atom is -0.490 e. The fourth-order valence-electron chi connectivity index (χ4n) is 2.37. The van der Waals surface area contributed by atoms with Gasteiger partial charge >= 0.3 is 0 Å². The molecule has 2 aromatic carbocycles. The standard InChI is InChI=1S/C18H18FN3O2.ClH/c1-3-23-16-9-14-15(10-17(16)24-4-2)20-11-21-18(14)22-13-7-5-12(19)6-8-13;/h5-11H,3-4H2,1-2H3,(H,20,21,22);1H. The van der Waals surface area contributed by atoms with E-state index in [4.69, 9.17) is 9.47 Å². The first-order chi connectivity index (χ1) is 11.7. The van der Waals surface area contributed by atoms with Crippen LogP contribution in [0.25, 0.3) is 10.9 Å². The van der Waals surface area contributed by atoms with Crippen LogP contribution in [-0.2, 0) is 0 Å². The van der Waals surface area contributed by atoms with Gasteiger partial charge < -0.3 is 14.8 Å². The van der Waals surface area contributed by atoms with E-state index >= 15 is 0 Å². The number of benzene rings is 2. The Morgan fingerprint density at radius 3 is 2.24 bits per heavy atom. The highest BCUT2D eigenvalue weighted by Crippen LogP contribution is 2.34. The zero-order valence-electron chi connectivity index (χ0n) is 14.0. The number of rotatable bonds is 6. The molecule has 1 N–H and O–H groups in total. The molecule has 0 atom stereocenters. The predicted molar refractivity (Wildman–Crippen MR) is 98.8 cm³/mol. The van der Waals surface area contributed by atoms with Crippen molar-refractivity contribution in [3.63, 3.8) is 0 Å². The molecule has 7 heteroatoms. The topological polar surface area (TPSA) is 56.3 Å². The zero-order chi connectivity index (χ0) is 16.9. The van der Waals surface area contributed by atoms with Crippen molar-refractivity contribution < 1.29 is 13.9 Å². The molecule has 0 saturated heterocycles. The van der Waals surface area contributed by atoms with Crippen molar-refractivity contribution in [3.05, 3.63) is 48.5 Å². The van der Waals surface area contributed by atoms with E-state index in [-0.39, 0.29) is 18.2 Å². The van der Waals surface area contributed by atoms with Gasteiger partial charge in [-0.05, 0) is 44.2 Å². The number of hydrogen-bond acceptors (Lipinski definition) is 5. The lowest BCUT2D eigenvalue weighted by Gasteiger charge is -2.14. The second-order valence-corrected chi connectivity index (χ2v) is 5.04. The number of halogens is 2. The van der Waals surface area contributed by atoms with Gasteiger partial charge in [0.1, 0.15) is 18.0 Å². The molecule has 1 aromatic heterocycles. The summed E-state index contributed by atoms with van der Waals surface area (Å²) in [6.45, 7) is 4.90. The fraction of sp³-hybridized carbons (Fsp3) is 0.222. The van der Waals surface area contributed by atoms with E-state index in [1.807, 2.05) is 26.0 Å². The number of aromatic nitrogens is 2. The van der Waals surface area contributed by atoms with Crippen LogP contribution in [0.3, 0.4) is 0 Å². The van der Waals surface area contributed by atoms with Crippen LogP contribution in [0, 0.1) is 5.82 Å². The average molecular weight is 364 g/mol. The maximum Gasteiger partial charge on any atom is 0.163 e. The Labute approximate surface area is 151 Å². The van der Waals surface area contributed by atoms with Crippen molar-refractivity contribution >= 4 is 34.8 Å². The number of ether oxygens (including phenoxy) is 2.